The van der Waals surface area contributed by atoms with Crippen LogP contribution in [0.2, 0.25) is 0 Å². The van der Waals surface area contributed by atoms with Gasteiger partial charge in [-0.2, -0.15) is 0 Å². The number of nitrogens with zero attached hydrogens (tertiary/aromatic N) is 1. The summed E-state index contributed by atoms with van der Waals surface area (Å²) in [5.74, 6) is 0.980. The highest BCUT2D eigenvalue weighted by Crippen LogP contribution is 2.49. The Morgan fingerprint density at radius 3 is 3.00 bits per heavy atom. The Labute approximate surface area is 131 Å². The van der Waals surface area contributed by atoms with E-state index in [9.17, 15) is 5.11 Å². The molecule has 2 aliphatic rings. The Morgan fingerprint density at radius 1 is 1.36 bits per heavy atom. The maximum atomic E-state index is 9.89. The molecule has 2 heterocycles. The van der Waals surface area contributed by atoms with Crippen LogP contribution in [-0.4, -0.2) is 22.6 Å². The number of fused-ring (bicyclic) bond motifs is 4. The highest BCUT2D eigenvalue weighted by Gasteiger charge is 2.48. The fourth-order valence-electron chi connectivity index (χ4n) is 4.51. The fraction of sp³-hybridized carbons (Fsp3) is 0.474. The zero-order valence-corrected chi connectivity index (χ0v) is 13.2. The van der Waals surface area contributed by atoms with Gasteiger partial charge in [-0.3, -0.25) is 4.90 Å². The number of benzene rings is 1. The lowest BCUT2D eigenvalue weighted by molar-refractivity contribution is 0.0257. The van der Waals surface area contributed by atoms with Gasteiger partial charge in [0.25, 0.3) is 0 Å². The molecule has 0 spiro atoms. The Morgan fingerprint density at radius 2 is 2.23 bits per heavy atom. The highest BCUT2D eigenvalue weighted by molar-refractivity contribution is 5.44. The van der Waals surface area contributed by atoms with Gasteiger partial charge in [0, 0.05) is 18.2 Å². The van der Waals surface area contributed by atoms with Crippen LogP contribution >= 0.6 is 0 Å². The van der Waals surface area contributed by atoms with Gasteiger partial charge in [0.05, 0.1) is 12.5 Å². The van der Waals surface area contributed by atoms with Gasteiger partial charge in [0.2, 0.25) is 0 Å². The van der Waals surface area contributed by atoms with Gasteiger partial charge in [0.1, 0.15) is 5.75 Å². The molecule has 2 aromatic rings. The van der Waals surface area contributed by atoms with Crippen LogP contribution in [0.25, 0.3) is 0 Å². The SMILES string of the molecule is C[C@@H]1[C@@H]2Cc3ccc(O)cc3[C@]1(C)CCN2Cc1ccoc1. The molecule has 2 bridgehead atoms. The minimum Gasteiger partial charge on any atom is -0.508 e. The smallest absolute Gasteiger partial charge is 0.115 e. The summed E-state index contributed by atoms with van der Waals surface area (Å²) in [7, 11) is 0. The average molecular weight is 297 g/mol. The van der Waals surface area contributed by atoms with Crippen molar-refractivity contribution in [2.75, 3.05) is 6.54 Å². The summed E-state index contributed by atoms with van der Waals surface area (Å²) in [4.78, 5) is 2.60. The molecule has 1 saturated heterocycles. The number of likely N-dealkylation sites (tertiary alicyclic amines) is 1. The van der Waals surface area contributed by atoms with Gasteiger partial charge >= 0.3 is 0 Å². The number of phenols is 1. The summed E-state index contributed by atoms with van der Waals surface area (Å²) >= 11 is 0. The number of furan rings is 1. The van der Waals surface area contributed by atoms with E-state index in [1.165, 1.54) is 16.7 Å². The molecule has 1 aromatic heterocycles. The minimum absolute atomic E-state index is 0.171. The summed E-state index contributed by atoms with van der Waals surface area (Å²) in [6.07, 6.45) is 5.82. The summed E-state index contributed by atoms with van der Waals surface area (Å²) in [6.45, 7) is 6.82. The van der Waals surface area contributed by atoms with Crippen LogP contribution in [-0.2, 0) is 18.4 Å². The largest absolute Gasteiger partial charge is 0.508 e. The summed E-state index contributed by atoms with van der Waals surface area (Å²) in [6, 6.07) is 8.56. The maximum Gasteiger partial charge on any atom is 0.115 e. The van der Waals surface area contributed by atoms with Gasteiger partial charge in [-0.25, -0.2) is 0 Å². The Balaban J connectivity index is 1.69. The van der Waals surface area contributed by atoms with Crippen LogP contribution < -0.4 is 0 Å². The topological polar surface area (TPSA) is 36.6 Å². The van der Waals surface area contributed by atoms with E-state index in [1.54, 1.807) is 6.26 Å². The van der Waals surface area contributed by atoms with Crippen LogP contribution in [0.5, 0.6) is 5.75 Å². The monoisotopic (exact) mass is 297 g/mol. The van der Waals surface area contributed by atoms with Gasteiger partial charge < -0.3 is 9.52 Å². The standard InChI is InChI=1S/C19H23NO2/c1-13-18-9-15-3-4-16(21)10-17(15)19(13,2)6-7-20(18)11-14-5-8-22-12-14/h3-5,8,10,12-13,18,21H,6-7,9,11H2,1-2H3/t13-,18+,19-/m1/s1. The number of piperidine rings is 1. The van der Waals surface area contributed by atoms with Crippen LogP contribution in [0.1, 0.15) is 37.0 Å². The van der Waals surface area contributed by atoms with E-state index in [2.05, 4.69) is 30.9 Å². The third-order valence-electron chi connectivity index (χ3n) is 6.07. The zero-order chi connectivity index (χ0) is 15.3. The molecule has 1 aromatic carbocycles. The van der Waals surface area contributed by atoms with E-state index < -0.39 is 0 Å². The third-order valence-corrected chi connectivity index (χ3v) is 6.07. The molecule has 0 unspecified atom stereocenters. The van der Waals surface area contributed by atoms with Crippen LogP contribution in [0, 0.1) is 5.92 Å². The number of rotatable bonds is 2. The van der Waals surface area contributed by atoms with Crippen molar-refractivity contribution in [1.29, 1.82) is 0 Å². The molecular weight excluding hydrogens is 274 g/mol. The van der Waals surface area contributed by atoms with E-state index in [-0.39, 0.29) is 5.41 Å². The van der Waals surface area contributed by atoms with Gasteiger partial charge in [-0.15, -0.1) is 0 Å². The van der Waals surface area contributed by atoms with E-state index in [4.69, 9.17) is 4.42 Å². The molecule has 1 fully saturated rings. The molecule has 3 nitrogen and oxygen atoms in total. The van der Waals surface area contributed by atoms with Crippen molar-refractivity contribution in [3.8, 4) is 5.75 Å². The van der Waals surface area contributed by atoms with Crippen molar-refractivity contribution in [2.45, 2.75) is 44.7 Å². The molecular formula is C19H23NO2. The lowest BCUT2D eigenvalue weighted by Crippen LogP contribution is -2.57. The molecule has 0 radical (unpaired) electrons. The zero-order valence-electron chi connectivity index (χ0n) is 13.2. The minimum atomic E-state index is 0.171. The average Bonchev–Trinajstić information content (AvgIpc) is 3.00. The molecule has 4 rings (SSSR count). The molecule has 22 heavy (non-hydrogen) atoms. The molecule has 1 aliphatic carbocycles. The van der Waals surface area contributed by atoms with E-state index in [1.807, 2.05) is 18.4 Å². The second kappa shape index (κ2) is 4.88. The second-order valence-corrected chi connectivity index (χ2v) is 7.17. The van der Waals surface area contributed by atoms with E-state index >= 15 is 0 Å². The predicted molar refractivity (Wildman–Crippen MR) is 85.8 cm³/mol. The molecule has 0 saturated carbocycles. The van der Waals surface area contributed by atoms with E-state index in [0.29, 0.717) is 17.7 Å². The third kappa shape index (κ3) is 1.99. The second-order valence-electron chi connectivity index (χ2n) is 7.17. The van der Waals surface area contributed by atoms with Crippen LogP contribution in [0.4, 0.5) is 0 Å². The first-order chi connectivity index (χ1) is 10.6. The summed E-state index contributed by atoms with van der Waals surface area (Å²) < 4.78 is 5.22. The first-order valence-electron chi connectivity index (χ1n) is 8.15. The number of hydrogen-bond donors (Lipinski definition) is 1. The lowest BCUT2D eigenvalue weighted by atomic mass is 9.59. The summed E-state index contributed by atoms with van der Waals surface area (Å²) in [5, 5.41) is 9.89. The first-order valence-corrected chi connectivity index (χ1v) is 8.15. The fourth-order valence-corrected chi connectivity index (χ4v) is 4.51. The van der Waals surface area contributed by atoms with Crippen molar-refractivity contribution in [3.05, 3.63) is 53.5 Å². The summed E-state index contributed by atoms with van der Waals surface area (Å²) in [5.41, 5.74) is 4.19. The lowest BCUT2D eigenvalue weighted by Gasteiger charge is -2.54. The number of hydrogen-bond acceptors (Lipinski definition) is 3. The van der Waals surface area contributed by atoms with Gasteiger partial charge in [-0.05, 0) is 60.0 Å². The Kier molecular flexibility index (Phi) is 3.08. The quantitative estimate of drug-likeness (QED) is 0.918. The highest BCUT2D eigenvalue weighted by atomic mass is 16.3. The van der Waals surface area contributed by atoms with Crippen molar-refractivity contribution >= 4 is 0 Å². The van der Waals surface area contributed by atoms with Gasteiger partial charge in [-0.1, -0.05) is 19.9 Å². The number of aromatic hydroxyl groups is 1. The molecule has 0 amide bonds. The number of phenolic OH excluding ortho intramolecular Hbond substituents is 1. The molecule has 116 valence electrons. The Hall–Kier alpha value is -1.74. The predicted octanol–water partition coefficient (Wildman–Crippen LogP) is 3.71. The normalized spacial score (nSPS) is 31.0. The maximum absolute atomic E-state index is 9.89. The molecule has 1 N–H and O–H groups in total. The molecule has 1 aliphatic heterocycles. The van der Waals surface area contributed by atoms with Gasteiger partial charge in [0.15, 0.2) is 0 Å². The van der Waals surface area contributed by atoms with Crippen LogP contribution in [0.15, 0.2) is 41.2 Å². The Bertz CT molecular complexity index is 679. The van der Waals surface area contributed by atoms with Crippen LogP contribution in [0.3, 0.4) is 0 Å². The van der Waals surface area contributed by atoms with Crippen molar-refractivity contribution in [2.24, 2.45) is 5.92 Å². The van der Waals surface area contributed by atoms with E-state index in [0.717, 1.165) is 25.9 Å². The first kappa shape index (κ1) is 13.9. The van der Waals surface area contributed by atoms with Crippen molar-refractivity contribution < 1.29 is 9.52 Å². The van der Waals surface area contributed by atoms with Crippen molar-refractivity contribution in [1.82, 2.24) is 4.90 Å². The molecule has 3 heteroatoms. The molecule has 3 atom stereocenters. The van der Waals surface area contributed by atoms with Crippen molar-refractivity contribution in [3.63, 3.8) is 0 Å².